The van der Waals surface area contributed by atoms with Gasteiger partial charge in [-0.2, -0.15) is 5.26 Å². The molecule has 7 nitrogen and oxygen atoms in total. The van der Waals surface area contributed by atoms with Crippen molar-refractivity contribution in [3.8, 4) is 11.8 Å². The molecule has 1 fully saturated rings. The fourth-order valence-electron chi connectivity index (χ4n) is 2.43. The Balaban J connectivity index is 2.00. The van der Waals surface area contributed by atoms with Crippen LogP contribution in [-0.4, -0.2) is 32.0 Å². The summed E-state index contributed by atoms with van der Waals surface area (Å²) in [6, 6.07) is 8.68. The Kier molecular flexibility index (Phi) is 6.34. The van der Waals surface area contributed by atoms with E-state index < -0.39 is 5.91 Å². The van der Waals surface area contributed by atoms with Crippen molar-refractivity contribution >= 4 is 17.5 Å². The second-order valence-electron chi connectivity index (χ2n) is 5.36. The van der Waals surface area contributed by atoms with Crippen LogP contribution in [0.4, 0.5) is 5.69 Å². The van der Waals surface area contributed by atoms with Gasteiger partial charge in [0.25, 0.3) is 5.91 Å². The molecule has 0 spiro atoms. The highest BCUT2D eigenvalue weighted by Gasteiger charge is 2.20. The minimum Gasteiger partial charge on any atom is -0.495 e. The van der Waals surface area contributed by atoms with Crippen LogP contribution in [0.25, 0.3) is 0 Å². The molecule has 0 atom stereocenters. The summed E-state index contributed by atoms with van der Waals surface area (Å²) in [5.74, 6) is -0.386. The van der Waals surface area contributed by atoms with Gasteiger partial charge in [-0.1, -0.05) is 12.1 Å². The number of hydrogen-bond acceptors (Lipinski definition) is 5. The Hall–Kier alpha value is -2.85. The SMILES string of the molecule is COc1ccccc1NC(=O)/C(C#N)=C\NC(=O)C1CCNCC1. The molecule has 1 saturated heterocycles. The van der Waals surface area contributed by atoms with E-state index in [2.05, 4.69) is 16.0 Å². The van der Waals surface area contributed by atoms with Crippen LogP contribution in [-0.2, 0) is 9.59 Å². The molecule has 0 saturated carbocycles. The van der Waals surface area contributed by atoms with E-state index in [0.29, 0.717) is 11.4 Å². The van der Waals surface area contributed by atoms with Crippen molar-refractivity contribution in [1.82, 2.24) is 10.6 Å². The molecular formula is C17H20N4O3. The molecule has 3 N–H and O–H groups in total. The van der Waals surface area contributed by atoms with Gasteiger partial charge in [0.1, 0.15) is 17.4 Å². The number of amides is 2. The lowest BCUT2D eigenvalue weighted by Gasteiger charge is -2.20. The van der Waals surface area contributed by atoms with Gasteiger partial charge in [0.05, 0.1) is 12.8 Å². The lowest BCUT2D eigenvalue weighted by atomic mass is 9.97. The van der Waals surface area contributed by atoms with Crippen molar-refractivity contribution < 1.29 is 14.3 Å². The molecule has 0 aromatic heterocycles. The molecule has 1 aromatic carbocycles. The van der Waals surface area contributed by atoms with Crippen molar-refractivity contribution in [3.63, 3.8) is 0 Å². The van der Waals surface area contributed by atoms with Crippen LogP contribution >= 0.6 is 0 Å². The largest absolute Gasteiger partial charge is 0.495 e. The first-order valence-electron chi connectivity index (χ1n) is 7.71. The van der Waals surface area contributed by atoms with Crippen molar-refractivity contribution in [1.29, 1.82) is 5.26 Å². The summed E-state index contributed by atoms with van der Waals surface area (Å²) in [7, 11) is 1.49. The predicted molar refractivity (Wildman–Crippen MR) is 89.1 cm³/mol. The number of carbonyl (C=O) groups excluding carboxylic acids is 2. The van der Waals surface area contributed by atoms with Crippen LogP contribution in [0.3, 0.4) is 0 Å². The first kappa shape index (κ1) is 17.5. The Morgan fingerprint density at radius 3 is 2.71 bits per heavy atom. The standard InChI is InChI=1S/C17H20N4O3/c1-24-15-5-3-2-4-14(15)21-17(23)13(10-18)11-20-16(22)12-6-8-19-9-7-12/h2-5,11-12,19H,6-9H2,1H3,(H,20,22)(H,21,23)/b13-11-. The molecule has 0 bridgehead atoms. The molecule has 1 aliphatic heterocycles. The topological polar surface area (TPSA) is 103 Å². The van der Waals surface area contributed by atoms with E-state index in [1.165, 1.54) is 7.11 Å². The van der Waals surface area contributed by atoms with Crippen LogP contribution in [0.15, 0.2) is 36.0 Å². The highest BCUT2D eigenvalue weighted by Crippen LogP contribution is 2.23. The van der Waals surface area contributed by atoms with Crippen LogP contribution in [0.2, 0.25) is 0 Å². The van der Waals surface area contributed by atoms with Gasteiger partial charge in [-0.25, -0.2) is 0 Å². The zero-order valence-corrected chi connectivity index (χ0v) is 13.5. The van der Waals surface area contributed by atoms with E-state index in [1.54, 1.807) is 30.3 Å². The second-order valence-corrected chi connectivity index (χ2v) is 5.36. The summed E-state index contributed by atoms with van der Waals surface area (Å²) in [5.41, 5.74) is 0.277. The third-order valence-corrected chi connectivity index (χ3v) is 3.79. The number of rotatable bonds is 5. The van der Waals surface area contributed by atoms with Crippen LogP contribution in [0.5, 0.6) is 5.75 Å². The van der Waals surface area contributed by atoms with E-state index in [9.17, 15) is 9.59 Å². The number of ether oxygens (including phenoxy) is 1. The molecule has 2 amide bonds. The maximum absolute atomic E-state index is 12.2. The fraction of sp³-hybridized carbons (Fsp3) is 0.353. The number of nitriles is 1. The number of nitrogens with one attached hydrogen (secondary N) is 3. The number of hydrogen-bond donors (Lipinski definition) is 3. The summed E-state index contributed by atoms with van der Waals surface area (Å²) in [6.45, 7) is 1.59. The molecule has 1 heterocycles. The molecule has 1 aliphatic rings. The average molecular weight is 328 g/mol. The van der Waals surface area contributed by atoms with Crippen LogP contribution in [0, 0.1) is 17.2 Å². The van der Waals surface area contributed by atoms with E-state index >= 15 is 0 Å². The lowest BCUT2D eigenvalue weighted by molar-refractivity contribution is -0.124. The van der Waals surface area contributed by atoms with Crippen LogP contribution < -0.4 is 20.7 Å². The van der Waals surface area contributed by atoms with Gasteiger partial charge in [-0.05, 0) is 38.1 Å². The molecule has 0 aliphatic carbocycles. The molecule has 0 unspecified atom stereocenters. The smallest absolute Gasteiger partial charge is 0.267 e. The monoisotopic (exact) mass is 328 g/mol. The van der Waals surface area contributed by atoms with Gasteiger partial charge in [0, 0.05) is 12.1 Å². The third kappa shape index (κ3) is 4.57. The van der Waals surface area contributed by atoms with Gasteiger partial charge < -0.3 is 20.7 Å². The summed E-state index contributed by atoms with van der Waals surface area (Å²) in [5, 5.41) is 17.5. The highest BCUT2D eigenvalue weighted by molar-refractivity contribution is 6.07. The summed E-state index contributed by atoms with van der Waals surface area (Å²) >= 11 is 0. The van der Waals surface area contributed by atoms with Crippen molar-refractivity contribution in [2.24, 2.45) is 5.92 Å². The van der Waals surface area contributed by atoms with Gasteiger partial charge in [0.15, 0.2) is 0 Å². The summed E-state index contributed by atoms with van der Waals surface area (Å²) in [4.78, 5) is 24.2. The number of para-hydroxylation sites is 2. The van der Waals surface area contributed by atoms with E-state index in [1.807, 2.05) is 0 Å². The summed E-state index contributed by atoms with van der Waals surface area (Å²) in [6.07, 6.45) is 2.65. The van der Waals surface area contributed by atoms with Gasteiger partial charge in [-0.3, -0.25) is 9.59 Å². The Bertz CT molecular complexity index is 673. The second kappa shape index (κ2) is 8.70. The minimum absolute atomic E-state index is 0.0975. The Morgan fingerprint density at radius 1 is 1.33 bits per heavy atom. The van der Waals surface area contributed by atoms with Gasteiger partial charge in [0.2, 0.25) is 5.91 Å². The number of carbonyl (C=O) groups is 2. The number of piperidine rings is 1. The van der Waals surface area contributed by atoms with E-state index in [0.717, 1.165) is 32.1 Å². The molecule has 7 heteroatoms. The van der Waals surface area contributed by atoms with Gasteiger partial charge in [-0.15, -0.1) is 0 Å². The zero-order chi connectivity index (χ0) is 17.4. The normalized spacial score (nSPS) is 15.2. The predicted octanol–water partition coefficient (Wildman–Crippen LogP) is 1.16. The number of anilines is 1. The highest BCUT2D eigenvalue weighted by atomic mass is 16.5. The van der Waals surface area contributed by atoms with Crippen molar-refractivity contribution in [3.05, 3.63) is 36.0 Å². The maximum Gasteiger partial charge on any atom is 0.267 e. The molecule has 126 valence electrons. The van der Waals surface area contributed by atoms with E-state index in [4.69, 9.17) is 10.00 Å². The molecule has 0 radical (unpaired) electrons. The number of benzene rings is 1. The Morgan fingerprint density at radius 2 is 2.04 bits per heavy atom. The zero-order valence-electron chi connectivity index (χ0n) is 13.5. The fourth-order valence-corrected chi connectivity index (χ4v) is 2.43. The van der Waals surface area contributed by atoms with Gasteiger partial charge >= 0.3 is 0 Å². The van der Waals surface area contributed by atoms with Crippen LogP contribution in [0.1, 0.15) is 12.8 Å². The van der Waals surface area contributed by atoms with E-state index in [-0.39, 0.29) is 17.4 Å². The quantitative estimate of drug-likeness (QED) is 0.556. The Labute approximate surface area is 140 Å². The number of methoxy groups -OCH3 is 1. The maximum atomic E-state index is 12.2. The molecule has 1 aromatic rings. The first-order valence-corrected chi connectivity index (χ1v) is 7.71. The molecule has 2 rings (SSSR count). The molecule has 24 heavy (non-hydrogen) atoms. The third-order valence-electron chi connectivity index (χ3n) is 3.79. The average Bonchev–Trinajstić information content (AvgIpc) is 2.63. The lowest BCUT2D eigenvalue weighted by Crippen LogP contribution is -2.36. The van der Waals surface area contributed by atoms with Crippen molar-refractivity contribution in [2.45, 2.75) is 12.8 Å². The molecular weight excluding hydrogens is 308 g/mol. The summed E-state index contributed by atoms with van der Waals surface area (Å²) < 4.78 is 5.14. The van der Waals surface area contributed by atoms with Crippen molar-refractivity contribution in [2.75, 3.05) is 25.5 Å². The minimum atomic E-state index is -0.604. The first-order chi connectivity index (χ1) is 11.7. The number of nitrogens with zero attached hydrogens (tertiary/aromatic N) is 1.